The van der Waals surface area contributed by atoms with Crippen LogP contribution in [0.25, 0.3) is 33.4 Å². The van der Waals surface area contributed by atoms with Gasteiger partial charge in [0.05, 0.1) is 0 Å². The van der Waals surface area contributed by atoms with E-state index >= 15 is 0 Å². The van der Waals surface area contributed by atoms with Crippen LogP contribution in [0.15, 0.2) is 91.0 Å². The normalized spacial score (nSPS) is 11.0. The van der Waals surface area contributed by atoms with Crippen molar-refractivity contribution in [3.8, 4) is 33.4 Å². The molecule has 4 aromatic rings. The van der Waals surface area contributed by atoms with Crippen LogP contribution in [-0.2, 0) is 0 Å². The first-order chi connectivity index (χ1) is 14.0. The molecule has 0 radical (unpaired) electrons. The number of benzene rings is 4. The molecule has 0 heterocycles. The zero-order valence-electron chi connectivity index (χ0n) is 17.3. The number of anilines is 1. The fraction of sp³-hybridized carbons (Fsp3) is 0.143. The highest BCUT2D eigenvalue weighted by Gasteiger charge is 2.08. The number of hydrogen-bond donors (Lipinski definition) is 1. The zero-order valence-corrected chi connectivity index (χ0v) is 17.3. The first-order valence-electron chi connectivity index (χ1n) is 10.2. The molecule has 0 bridgehead atoms. The summed E-state index contributed by atoms with van der Waals surface area (Å²) < 4.78 is 0. The highest BCUT2D eigenvalue weighted by Crippen LogP contribution is 2.33. The summed E-state index contributed by atoms with van der Waals surface area (Å²) in [4.78, 5) is 0. The Balaban J connectivity index is 1.85. The molecule has 4 aromatic carbocycles. The first kappa shape index (κ1) is 19.0. The minimum atomic E-state index is 0.535. The summed E-state index contributed by atoms with van der Waals surface area (Å²) in [6.45, 7) is 6.58. The maximum absolute atomic E-state index is 5.90. The van der Waals surface area contributed by atoms with E-state index in [2.05, 4.69) is 99.6 Å². The molecule has 0 fully saturated rings. The molecule has 0 saturated heterocycles. The third kappa shape index (κ3) is 4.25. The maximum Gasteiger partial charge on any atom is 0.0314 e. The van der Waals surface area contributed by atoms with Crippen molar-refractivity contribution in [2.24, 2.45) is 0 Å². The van der Waals surface area contributed by atoms with Crippen molar-refractivity contribution in [2.45, 2.75) is 26.7 Å². The van der Waals surface area contributed by atoms with Crippen molar-refractivity contribution in [3.63, 3.8) is 0 Å². The van der Waals surface area contributed by atoms with Crippen LogP contribution in [-0.4, -0.2) is 0 Å². The van der Waals surface area contributed by atoms with E-state index in [1.54, 1.807) is 0 Å². The van der Waals surface area contributed by atoms with E-state index in [-0.39, 0.29) is 0 Å². The molecule has 1 nitrogen and oxygen atoms in total. The van der Waals surface area contributed by atoms with Gasteiger partial charge in [-0.1, -0.05) is 80.1 Å². The van der Waals surface area contributed by atoms with E-state index in [9.17, 15) is 0 Å². The standard InChI is InChI=1S/C28H27N/c1-19(2)21-8-10-23(11-9-21)26-16-25(22-6-4-20(3)5-7-22)17-27(18-26)24-12-14-28(29)15-13-24/h4-19H,29H2,1-3H3. The van der Waals surface area contributed by atoms with Gasteiger partial charge in [0.25, 0.3) is 0 Å². The summed E-state index contributed by atoms with van der Waals surface area (Å²) in [7, 11) is 0. The van der Waals surface area contributed by atoms with Crippen LogP contribution in [0, 0.1) is 6.92 Å². The van der Waals surface area contributed by atoms with Crippen molar-refractivity contribution >= 4 is 5.69 Å². The molecule has 0 spiro atoms. The monoisotopic (exact) mass is 377 g/mol. The van der Waals surface area contributed by atoms with Gasteiger partial charge in [0, 0.05) is 5.69 Å². The second kappa shape index (κ2) is 7.97. The van der Waals surface area contributed by atoms with Gasteiger partial charge in [0.15, 0.2) is 0 Å². The van der Waals surface area contributed by atoms with E-state index in [1.165, 1.54) is 44.5 Å². The summed E-state index contributed by atoms with van der Waals surface area (Å²) in [5, 5.41) is 0. The van der Waals surface area contributed by atoms with Crippen LogP contribution in [0.3, 0.4) is 0 Å². The molecule has 0 unspecified atom stereocenters. The Hall–Kier alpha value is -3.32. The molecule has 2 N–H and O–H groups in total. The molecule has 29 heavy (non-hydrogen) atoms. The van der Waals surface area contributed by atoms with Gasteiger partial charge in [-0.2, -0.15) is 0 Å². The highest BCUT2D eigenvalue weighted by atomic mass is 14.5. The predicted molar refractivity (Wildman–Crippen MR) is 126 cm³/mol. The number of hydrogen-bond acceptors (Lipinski definition) is 1. The van der Waals surface area contributed by atoms with E-state index in [0.29, 0.717) is 5.92 Å². The SMILES string of the molecule is Cc1ccc(-c2cc(-c3ccc(N)cc3)cc(-c3ccc(C(C)C)cc3)c2)cc1. The first-order valence-corrected chi connectivity index (χ1v) is 10.2. The van der Waals surface area contributed by atoms with Gasteiger partial charge >= 0.3 is 0 Å². The molecule has 4 rings (SSSR count). The van der Waals surface area contributed by atoms with Gasteiger partial charge in [-0.15, -0.1) is 0 Å². The summed E-state index contributed by atoms with van der Waals surface area (Å²) in [5.41, 5.74) is 16.6. The Kier molecular flexibility index (Phi) is 5.22. The van der Waals surface area contributed by atoms with Crippen LogP contribution in [0.2, 0.25) is 0 Å². The topological polar surface area (TPSA) is 26.0 Å². The molecule has 0 aromatic heterocycles. The Morgan fingerprint density at radius 1 is 0.517 bits per heavy atom. The van der Waals surface area contributed by atoms with Crippen molar-refractivity contribution in [1.29, 1.82) is 0 Å². The predicted octanol–water partition coefficient (Wildman–Crippen LogP) is 7.70. The molecule has 144 valence electrons. The summed E-state index contributed by atoms with van der Waals surface area (Å²) in [5.74, 6) is 0.535. The van der Waals surface area contributed by atoms with Crippen molar-refractivity contribution in [2.75, 3.05) is 5.73 Å². The Bertz CT molecular complexity index is 1040. The number of nitrogens with two attached hydrogens (primary N) is 1. The van der Waals surface area contributed by atoms with E-state index in [1.807, 2.05) is 12.1 Å². The molecule has 0 aliphatic carbocycles. The van der Waals surface area contributed by atoms with Gasteiger partial charge in [-0.3, -0.25) is 0 Å². The second-order valence-corrected chi connectivity index (χ2v) is 8.06. The Morgan fingerprint density at radius 2 is 0.897 bits per heavy atom. The average Bonchev–Trinajstić information content (AvgIpc) is 2.74. The highest BCUT2D eigenvalue weighted by molar-refractivity contribution is 5.81. The lowest BCUT2D eigenvalue weighted by Gasteiger charge is -2.13. The average molecular weight is 378 g/mol. The molecule has 0 aliphatic heterocycles. The summed E-state index contributed by atoms with van der Waals surface area (Å²) in [6, 6.07) is 32.6. The van der Waals surface area contributed by atoms with Gasteiger partial charge in [-0.05, 0) is 82.1 Å². The van der Waals surface area contributed by atoms with Crippen LogP contribution in [0.4, 0.5) is 5.69 Å². The molecular formula is C28H27N. The minimum Gasteiger partial charge on any atom is -0.399 e. The molecule has 0 amide bonds. The maximum atomic E-state index is 5.90. The van der Waals surface area contributed by atoms with E-state index in [0.717, 1.165) is 5.69 Å². The fourth-order valence-corrected chi connectivity index (χ4v) is 3.61. The fourth-order valence-electron chi connectivity index (χ4n) is 3.61. The lowest BCUT2D eigenvalue weighted by atomic mass is 9.92. The van der Waals surface area contributed by atoms with Crippen molar-refractivity contribution in [1.82, 2.24) is 0 Å². The van der Waals surface area contributed by atoms with Gasteiger partial charge in [0.2, 0.25) is 0 Å². The van der Waals surface area contributed by atoms with Crippen LogP contribution in [0.1, 0.15) is 30.9 Å². The summed E-state index contributed by atoms with van der Waals surface area (Å²) in [6.07, 6.45) is 0. The zero-order chi connectivity index (χ0) is 20.4. The largest absolute Gasteiger partial charge is 0.399 e. The van der Waals surface area contributed by atoms with Crippen LogP contribution >= 0.6 is 0 Å². The van der Waals surface area contributed by atoms with Crippen LogP contribution < -0.4 is 5.73 Å². The van der Waals surface area contributed by atoms with Crippen molar-refractivity contribution < 1.29 is 0 Å². The smallest absolute Gasteiger partial charge is 0.0314 e. The quantitative estimate of drug-likeness (QED) is 0.362. The lowest BCUT2D eigenvalue weighted by Crippen LogP contribution is -1.89. The lowest BCUT2D eigenvalue weighted by molar-refractivity contribution is 0.867. The molecule has 0 aliphatic rings. The third-order valence-electron chi connectivity index (χ3n) is 5.47. The van der Waals surface area contributed by atoms with Crippen LogP contribution in [0.5, 0.6) is 0 Å². The van der Waals surface area contributed by atoms with Gasteiger partial charge in [-0.25, -0.2) is 0 Å². The number of aryl methyl sites for hydroxylation is 1. The molecular weight excluding hydrogens is 350 g/mol. The van der Waals surface area contributed by atoms with E-state index < -0.39 is 0 Å². The number of rotatable bonds is 4. The van der Waals surface area contributed by atoms with Gasteiger partial charge < -0.3 is 5.73 Å². The Labute approximate surface area is 173 Å². The third-order valence-corrected chi connectivity index (χ3v) is 5.47. The Morgan fingerprint density at radius 3 is 1.31 bits per heavy atom. The molecule has 0 saturated carbocycles. The van der Waals surface area contributed by atoms with Gasteiger partial charge in [0.1, 0.15) is 0 Å². The second-order valence-electron chi connectivity index (χ2n) is 8.06. The summed E-state index contributed by atoms with van der Waals surface area (Å²) >= 11 is 0. The minimum absolute atomic E-state index is 0.535. The molecule has 1 heteroatoms. The number of nitrogen functional groups attached to an aromatic ring is 1. The molecule has 0 atom stereocenters. The van der Waals surface area contributed by atoms with Crippen molar-refractivity contribution in [3.05, 3.63) is 102 Å². The van der Waals surface area contributed by atoms with E-state index in [4.69, 9.17) is 5.73 Å².